The van der Waals surface area contributed by atoms with Gasteiger partial charge in [-0.3, -0.25) is 9.59 Å². The molecule has 0 aliphatic carbocycles. The highest BCUT2D eigenvalue weighted by Crippen LogP contribution is 2.22. The standard InChI is InChI=1S/C11H18O6/c1-2-3-5-8-11(14,15)17-10(13)7-4-6-9(12)16-8/h8,14-15H,2-7H2,1H3. The normalized spacial score (nSPS) is 25.2. The topological polar surface area (TPSA) is 93.1 Å². The van der Waals surface area contributed by atoms with Crippen molar-refractivity contribution in [3.05, 3.63) is 0 Å². The van der Waals surface area contributed by atoms with Crippen LogP contribution in [0.1, 0.15) is 45.4 Å². The minimum Gasteiger partial charge on any atom is -0.452 e. The number of esters is 2. The van der Waals surface area contributed by atoms with E-state index >= 15 is 0 Å². The molecule has 0 aromatic rings. The Hall–Kier alpha value is -1.14. The molecule has 1 atom stereocenters. The molecule has 17 heavy (non-hydrogen) atoms. The summed E-state index contributed by atoms with van der Waals surface area (Å²) in [4.78, 5) is 22.6. The van der Waals surface area contributed by atoms with E-state index in [0.717, 1.165) is 6.42 Å². The molecule has 1 aliphatic heterocycles. The summed E-state index contributed by atoms with van der Waals surface area (Å²) in [7, 11) is 0. The second-order valence-electron chi connectivity index (χ2n) is 4.11. The van der Waals surface area contributed by atoms with Gasteiger partial charge in [0.2, 0.25) is 0 Å². The Morgan fingerprint density at radius 2 is 1.94 bits per heavy atom. The number of aliphatic hydroxyl groups is 2. The highest BCUT2D eigenvalue weighted by atomic mass is 16.8. The summed E-state index contributed by atoms with van der Waals surface area (Å²) >= 11 is 0. The van der Waals surface area contributed by atoms with Gasteiger partial charge < -0.3 is 19.7 Å². The van der Waals surface area contributed by atoms with Crippen LogP contribution in [-0.4, -0.2) is 34.2 Å². The van der Waals surface area contributed by atoms with Gasteiger partial charge in [-0.15, -0.1) is 0 Å². The van der Waals surface area contributed by atoms with Crippen molar-refractivity contribution in [2.45, 2.75) is 57.5 Å². The maximum Gasteiger partial charge on any atom is 0.363 e. The Kier molecular flexibility index (Phi) is 4.89. The maximum atomic E-state index is 11.3. The molecule has 0 saturated carbocycles. The third-order valence-electron chi connectivity index (χ3n) is 2.54. The Morgan fingerprint density at radius 3 is 2.59 bits per heavy atom. The lowest BCUT2D eigenvalue weighted by Gasteiger charge is -2.28. The lowest BCUT2D eigenvalue weighted by Crippen LogP contribution is -2.48. The van der Waals surface area contributed by atoms with Gasteiger partial charge in [0.15, 0.2) is 6.10 Å². The Labute approximate surface area is 99.5 Å². The first-order chi connectivity index (χ1) is 7.95. The van der Waals surface area contributed by atoms with Crippen LogP contribution in [0.2, 0.25) is 0 Å². The minimum absolute atomic E-state index is 0.0293. The van der Waals surface area contributed by atoms with Crippen molar-refractivity contribution in [1.82, 2.24) is 0 Å². The maximum absolute atomic E-state index is 11.3. The molecule has 0 radical (unpaired) electrons. The smallest absolute Gasteiger partial charge is 0.363 e. The second kappa shape index (κ2) is 5.97. The number of carbonyl (C=O) groups is 2. The average Bonchev–Trinajstić information content (AvgIpc) is 2.26. The van der Waals surface area contributed by atoms with E-state index in [1.807, 2.05) is 6.92 Å². The molecule has 98 valence electrons. The van der Waals surface area contributed by atoms with Gasteiger partial charge in [-0.2, -0.15) is 0 Å². The molecule has 1 fully saturated rings. The minimum atomic E-state index is -2.73. The molecule has 1 saturated heterocycles. The van der Waals surface area contributed by atoms with Crippen LogP contribution in [0.3, 0.4) is 0 Å². The van der Waals surface area contributed by atoms with Crippen LogP contribution in [0.5, 0.6) is 0 Å². The molecule has 0 aromatic heterocycles. The number of rotatable bonds is 3. The molecule has 0 amide bonds. The van der Waals surface area contributed by atoms with Crippen LogP contribution < -0.4 is 0 Å². The summed E-state index contributed by atoms with van der Waals surface area (Å²) in [6.45, 7) is 1.92. The second-order valence-corrected chi connectivity index (χ2v) is 4.11. The molecule has 1 aliphatic rings. The summed E-state index contributed by atoms with van der Waals surface area (Å²) in [5, 5.41) is 19.2. The molecule has 6 heteroatoms. The summed E-state index contributed by atoms with van der Waals surface area (Å²) in [5.41, 5.74) is 0. The molecule has 1 heterocycles. The quantitative estimate of drug-likeness (QED) is 0.555. The highest BCUT2D eigenvalue weighted by Gasteiger charge is 2.42. The molecule has 2 N–H and O–H groups in total. The van der Waals surface area contributed by atoms with Crippen LogP contribution in [0.15, 0.2) is 0 Å². The van der Waals surface area contributed by atoms with Crippen molar-refractivity contribution < 1.29 is 29.3 Å². The zero-order valence-electron chi connectivity index (χ0n) is 9.85. The average molecular weight is 246 g/mol. The van der Waals surface area contributed by atoms with Gasteiger partial charge in [0.1, 0.15) is 0 Å². The molecule has 6 nitrogen and oxygen atoms in total. The van der Waals surface area contributed by atoms with E-state index in [4.69, 9.17) is 4.74 Å². The first-order valence-corrected chi connectivity index (χ1v) is 5.81. The van der Waals surface area contributed by atoms with Crippen molar-refractivity contribution in [2.75, 3.05) is 0 Å². The van der Waals surface area contributed by atoms with Crippen LogP contribution in [0, 0.1) is 0 Å². The van der Waals surface area contributed by atoms with Crippen molar-refractivity contribution >= 4 is 11.9 Å². The SMILES string of the molecule is CCCCC1OC(=O)CCCC(=O)OC1(O)O. The predicted molar refractivity (Wildman–Crippen MR) is 56.5 cm³/mol. The van der Waals surface area contributed by atoms with Crippen molar-refractivity contribution in [3.63, 3.8) is 0 Å². The molecular formula is C11H18O6. The van der Waals surface area contributed by atoms with E-state index in [1.54, 1.807) is 0 Å². The van der Waals surface area contributed by atoms with E-state index in [-0.39, 0.29) is 25.7 Å². The van der Waals surface area contributed by atoms with Gasteiger partial charge >= 0.3 is 17.9 Å². The highest BCUT2D eigenvalue weighted by molar-refractivity contribution is 5.73. The van der Waals surface area contributed by atoms with Gasteiger partial charge in [-0.25, -0.2) is 0 Å². The fourth-order valence-electron chi connectivity index (χ4n) is 1.59. The fraction of sp³-hybridized carbons (Fsp3) is 0.818. The van der Waals surface area contributed by atoms with Crippen molar-refractivity contribution in [3.8, 4) is 0 Å². The van der Waals surface area contributed by atoms with Gasteiger partial charge in [0.25, 0.3) is 0 Å². The molecule has 0 aromatic carbocycles. The first-order valence-electron chi connectivity index (χ1n) is 5.81. The van der Waals surface area contributed by atoms with E-state index < -0.39 is 24.0 Å². The predicted octanol–water partition coefficient (Wildman–Crippen LogP) is 0.454. The third-order valence-corrected chi connectivity index (χ3v) is 2.54. The third kappa shape index (κ3) is 4.32. The first kappa shape index (κ1) is 13.9. The lowest BCUT2D eigenvalue weighted by molar-refractivity contribution is -0.359. The number of unbranched alkanes of at least 4 members (excludes halogenated alkanes) is 1. The van der Waals surface area contributed by atoms with E-state index in [1.165, 1.54) is 0 Å². The Bertz CT molecular complexity index is 286. The molecule has 0 spiro atoms. The van der Waals surface area contributed by atoms with E-state index in [2.05, 4.69) is 4.74 Å². The summed E-state index contributed by atoms with van der Waals surface area (Å²) in [6.07, 6.45) is 0.788. The van der Waals surface area contributed by atoms with E-state index in [0.29, 0.717) is 6.42 Å². The van der Waals surface area contributed by atoms with Crippen molar-refractivity contribution in [2.24, 2.45) is 0 Å². The zero-order chi connectivity index (χ0) is 12.9. The Balaban J connectivity index is 2.77. The van der Waals surface area contributed by atoms with Gasteiger partial charge in [-0.1, -0.05) is 13.3 Å². The van der Waals surface area contributed by atoms with Gasteiger partial charge in [-0.05, 0) is 19.3 Å². The lowest BCUT2D eigenvalue weighted by atomic mass is 10.1. The van der Waals surface area contributed by atoms with Gasteiger partial charge in [0, 0.05) is 12.8 Å². The summed E-state index contributed by atoms with van der Waals surface area (Å²) in [6, 6.07) is 0. The summed E-state index contributed by atoms with van der Waals surface area (Å²) < 4.78 is 9.43. The van der Waals surface area contributed by atoms with Crippen LogP contribution in [-0.2, 0) is 19.1 Å². The van der Waals surface area contributed by atoms with Gasteiger partial charge in [0.05, 0.1) is 0 Å². The monoisotopic (exact) mass is 246 g/mol. The number of carbonyl (C=O) groups excluding carboxylic acids is 2. The number of hydrogen-bond acceptors (Lipinski definition) is 6. The Morgan fingerprint density at radius 1 is 1.29 bits per heavy atom. The van der Waals surface area contributed by atoms with Crippen LogP contribution in [0.4, 0.5) is 0 Å². The molecule has 0 bridgehead atoms. The van der Waals surface area contributed by atoms with Crippen LogP contribution in [0.25, 0.3) is 0 Å². The van der Waals surface area contributed by atoms with Crippen LogP contribution >= 0.6 is 0 Å². The molecule has 1 rings (SSSR count). The summed E-state index contributed by atoms with van der Waals surface area (Å²) in [5.74, 6) is -4.02. The largest absolute Gasteiger partial charge is 0.452 e. The van der Waals surface area contributed by atoms with Crippen molar-refractivity contribution in [1.29, 1.82) is 0 Å². The number of ether oxygens (including phenoxy) is 2. The fourth-order valence-corrected chi connectivity index (χ4v) is 1.59. The molecule has 1 unspecified atom stereocenters. The molecular weight excluding hydrogens is 228 g/mol. The number of cyclic esters (lactones) is 2. The van der Waals surface area contributed by atoms with E-state index in [9.17, 15) is 19.8 Å². The zero-order valence-corrected chi connectivity index (χ0v) is 9.85. The number of hydrogen-bond donors (Lipinski definition) is 2.